The Hall–Kier alpha value is -1.59. The minimum Gasteiger partial charge on any atom is -0.494 e. The Balaban J connectivity index is 2.30. The summed E-state index contributed by atoms with van der Waals surface area (Å²) in [5.74, 6) is 0.524. The van der Waals surface area contributed by atoms with Crippen LogP contribution in [-0.4, -0.2) is 35.4 Å². The molecule has 1 rings (SSSR count). The monoisotopic (exact) mass is 337 g/mol. The topological polar surface area (TPSA) is 78.8 Å². The van der Waals surface area contributed by atoms with Crippen LogP contribution in [0.3, 0.4) is 0 Å². The summed E-state index contributed by atoms with van der Waals surface area (Å²) < 4.78 is 5.69. The highest BCUT2D eigenvalue weighted by molar-refractivity contribution is 5.72. The van der Waals surface area contributed by atoms with Gasteiger partial charge in [-0.05, 0) is 24.1 Å². The molecular weight excluding hydrogens is 306 g/mol. The van der Waals surface area contributed by atoms with Crippen LogP contribution in [0.25, 0.3) is 0 Å². The first-order chi connectivity index (χ1) is 11.5. The van der Waals surface area contributed by atoms with Gasteiger partial charge < -0.3 is 20.3 Å². The number of benzene rings is 1. The molecule has 0 aliphatic carbocycles. The van der Waals surface area contributed by atoms with E-state index < -0.39 is 12.2 Å². The van der Waals surface area contributed by atoms with E-state index in [2.05, 4.69) is 12.2 Å². The predicted octanol–water partition coefficient (Wildman–Crippen LogP) is 2.96. The summed E-state index contributed by atoms with van der Waals surface area (Å²) in [7, 11) is 0. The van der Waals surface area contributed by atoms with Gasteiger partial charge in [-0.1, -0.05) is 51.2 Å². The molecular formula is C19H31NO4. The molecule has 2 atom stereocenters. The maximum atomic E-state index is 10.8. The Labute approximate surface area is 145 Å². The molecule has 0 aliphatic rings. The molecule has 5 heteroatoms. The van der Waals surface area contributed by atoms with E-state index in [-0.39, 0.29) is 12.5 Å². The van der Waals surface area contributed by atoms with Crippen LogP contribution in [-0.2, 0) is 4.79 Å². The number of carbonyl (C=O) groups excluding carboxylic acids is 1. The average molecular weight is 337 g/mol. The molecule has 0 radical (unpaired) electrons. The third-order valence-corrected chi connectivity index (χ3v) is 3.91. The van der Waals surface area contributed by atoms with Crippen molar-refractivity contribution in [2.45, 2.75) is 64.6 Å². The van der Waals surface area contributed by atoms with Crippen molar-refractivity contribution < 1.29 is 19.7 Å². The van der Waals surface area contributed by atoms with Crippen LogP contribution in [0.2, 0.25) is 0 Å². The van der Waals surface area contributed by atoms with E-state index in [0.29, 0.717) is 12.2 Å². The maximum Gasteiger partial charge on any atom is 0.216 e. The van der Waals surface area contributed by atoms with Crippen molar-refractivity contribution in [1.82, 2.24) is 5.32 Å². The van der Waals surface area contributed by atoms with Crippen molar-refractivity contribution in [3.63, 3.8) is 0 Å². The van der Waals surface area contributed by atoms with Gasteiger partial charge in [-0.15, -0.1) is 0 Å². The third-order valence-electron chi connectivity index (χ3n) is 3.91. The summed E-state index contributed by atoms with van der Waals surface area (Å²) in [6.07, 6.45) is 5.27. The summed E-state index contributed by atoms with van der Waals surface area (Å²) in [4.78, 5) is 10.8. The normalized spacial score (nSPS) is 13.3. The fourth-order valence-electron chi connectivity index (χ4n) is 2.42. The zero-order chi connectivity index (χ0) is 17.8. The molecule has 0 saturated carbocycles. The van der Waals surface area contributed by atoms with Gasteiger partial charge in [0.25, 0.3) is 0 Å². The Bertz CT molecular complexity index is 461. The molecule has 0 aliphatic heterocycles. The Morgan fingerprint density at radius 3 is 2.33 bits per heavy atom. The molecule has 2 unspecified atom stereocenters. The first kappa shape index (κ1) is 20.5. The van der Waals surface area contributed by atoms with Crippen molar-refractivity contribution >= 4 is 5.91 Å². The zero-order valence-electron chi connectivity index (χ0n) is 14.8. The number of aliphatic hydroxyl groups excluding tert-OH is 2. The molecule has 0 saturated heterocycles. The summed E-state index contributed by atoms with van der Waals surface area (Å²) >= 11 is 0. The number of aliphatic hydroxyl groups is 2. The van der Waals surface area contributed by atoms with Gasteiger partial charge in [0.05, 0.1) is 6.61 Å². The van der Waals surface area contributed by atoms with Crippen LogP contribution in [0.1, 0.15) is 64.0 Å². The fraction of sp³-hybridized carbons (Fsp3) is 0.632. The first-order valence-electron chi connectivity index (χ1n) is 8.88. The highest BCUT2D eigenvalue weighted by Gasteiger charge is 2.18. The largest absolute Gasteiger partial charge is 0.494 e. The lowest BCUT2D eigenvalue weighted by Gasteiger charge is -2.18. The van der Waals surface area contributed by atoms with Gasteiger partial charge in [-0.25, -0.2) is 0 Å². The molecule has 5 nitrogen and oxygen atoms in total. The second-order valence-corrected chi connectivity index (χ2v) is 6.13. The van der Waals surface area contributed by atoms with Crippen LogP contribution < -0.4 is 10.1 Å². The van der Waals surface area contributed by atoms with E-state index >= 15 is 0 Å². The fourth-order valence-corrected chi connectivity index (χ4v) is 2.42. The van der Waals surface area contributed by atoms with Gasteiger partial charge in [-0.3, -0.25) is 4.79 Å². The Morgan fingerprint density at radius 1 is 1.08 bits per heavy atom. The van der Waals surface area contributed by atoms with Crippen molar-refractivity contribution in [2.75, 3.05) is 13.2 Å². The highest BCUT2D eigenvalue weighted by atomic mass is 16.5. The van der Waals surface area contributed by atoms with Crippen LogP contribution >= 0.6 is 0 Å². The van der Waals surface area contributed by atoms with Crippen LogP contribution in [0.15, 0.2) is 24.3 Å². The Morgan fingerprint density at radius 2 is 1.71 bits per heavy atom. The van der Waals surface area contributed by atoms with Crippen molar-refractivity contribution in [3.05, 3.63) is 29.8 Å². The number of rotatable bonds is 12. The molecule has 0 bridgehead atoms. The SMILES string of the molecule is CCCCCCCCOc1ccc(C(O)C(O)CNC(C)=O)cc1. The van der Waals surface area contributed by atoms with E-state index in [0.717, 1.165) is 12.2 Å². The summed E-state index contributed by atoms with van der Waals surface area (Å²) in [5.41, 5.74) is 0.597. The van der Waals surface area contributed by atoms with Gasteiger partial charge in [-0.2, -0.15) is 0 Å². The van der Waals surface area contributed by atoms with E-state index in [1.807, 2.05) is 0 Å². The van der Waals surface area contributed by atoms with Crippen LogP contribution in [0.4, 0.5) is 0 Å². The molecule has 24 heavy (non-hydrogen) atoms. The van der Waals surface area contributed by atoms with E-state index in [1.165, 1.54) is 39.0 Å². The molecule has 1 aromatic carbocycles. The van der Waals surface area contributed by atoms with Gasteiger partial charge >= 0.3 is 0 Å². The van der Waals surface area contributed by atoms with Gasteiger partial charge in [0.1, 0.15) is 18.0 Å². The van der Waals surface area contributed by atoms with Crippen LogP contribution in [0, 0.1) is 0 Å². The van der Waals surface area contributed by atoms with Gasteiger partial charge in [0, 0.05) is 13.5 Å². The molecule has 136 valence electrons. The van der Waals surface area contributed by atoms with Gasteiger partial charge in [0.2, 0.25) is 5.91 Å². The summed E-state index contributed by atoms with van der Waals surface area (Å²) in [6, 6.07) is 7.05. The number of hydrogen-bond acceptors (Lipinski definition) is 4. The van der Waals surface area contributed by atoms with E-state index in [9.17, 15) is 15.0 Å². The van der Waals surface area contributed by atoms with Crippen molar-refractivity contribution in [2.24, 2.45) is 0 Å². The molecule has 1 amide bonds. The first-order valence-corrected chi connectivity index (χ1v) is 8.88. The number of unbranched alkanes of at least 4 members (excludes halogenated alkanes) is 5. The highest BCUT2D eigenvalue weighted by Crippen LogP contribution is 2.20. The van der Waals surface area contributed by atoms with Crippen LogP contribution in [0.5, 0.6) is 5.75 Å². The molecule has 0 heterocycles. The zero-order valence-corrected chi connectivity index (χ0v) is 14.8. The smallest absolute Gasteiger partial charge is 0.216 e. The summed E-state index contributed by atoms with van der Waals surface area (Å²) in [5, 5.41) is 22.4. The molecule has 1 aromatic rings. The number of amides is 1. The second kappa shape index (κ2) is 11.9. The van der Waals surface area contributed by atoms with Crippen molar-refractivity contribution in [1.29, 1.82) is 0 Å². The quantitative estimate of drug-likeness (QED) is 0.512. The summed E-state index contributed by atoms with van der Waals surface area (Å²) in [6.45, 7) is 4.30. The standard InChI is InChI=1S/C19H31NO4/c1-3-4-5-6-7-8-13-24-17-11-9-16(10-12-17)19(23)18(22)14-20-15(2)21/h9-12,18-19,22-23H,3-8,13-14H2,1-2H3,(H,20,21). The second-order valence-electron chi connectivity index (χ2n) is 6.13. The lowest BCUT2D eigenvalue weighted by atomic mass is 10.0. The number of ether oxygens (including phenoxy) is 1. The Kier molecular flexibility index (Phi) is 10.1. The number of nitrogens with one attached hydrogen (secondary N) is 1. The van der Waals surface area contributed by atoms with Gasteiger partial charge in [0.15, 0.2) is 0 Å². The minimum atomic E-state index is -1.04. The number of carbonyl (C=O) groups is 1. The third kappa shape index (κ3) is 8.31. The average Bonchev–Trinajstić information content (AvgIpc) is 2.58. The molecule has 0 spiro atoms. The number of hydrogen-bond donors (Lipinski definition) is 3. The minimum absolute atomic E-state index is 0.0206. The molecule has 0 aromatic heterocycles. The lowest BCUT2D eigenvalue weighted by Crippen LogP contribution is -2.34. The van der Waals surface area contributed by atoms with E-state index in [4.69, 9.17) is 4.74 Å². The van der Waals surface area contributed by atoms with Crippen molar-refractivity contribution in [3.8, 4) is 5.75 Å². The maximum absolute atomic E-state index is 10.8. The molecule has 3 N–H and O–H groups in total. The van der Waals surface area contributed by atoms with E-state index in [1.54, 1.807) is 24.3 Å². The lowest BCUT2D eigenvalue weighted by molar-refractivity contribution is -0.119. The predicted molar refractivity (Wildman–Crippen MR) is 95.0 cm³/mol. The molecule has 0 fully saturated rings.